The fourth-order valence-corrected chi connectivity index (χ4v) is 4.91. The van der Waals surface area contributed by atoms with Crippen molar-refractivity contribution in [1.29, 1.82) is 0 Å². The van der Waals surface area contributed by atoms with Crippen LogP contribution in [0.15, 0.2) is 45.7 Å². The molecule has 2 amide bonds. The molecular formula is C19H18N4O3S2. The van der Waals surface area contributed by atoms with E-state index < -0.39 is 0 Å². The summed E-state index contributed by atoms with van der Waals surface area (Å²) >= 11 is 2.63. The molecule has 9 heteroatoms. The van der Waals surface area contributed by atoms with E-state index in [-0.39, 0.29) is 35.6 Å². The molecule has 1 aliphatic heterocycles. The number of para-hydroxylation sites is 2. The van der Waals surface area contributed by atoms with Crippen LogP contribution in [-0.4, -0.2) is 33.2 Å². The van der Waals surface area contributed by atoms with Gasteiger partial charge in [-0.1, -0.05) is 23.9 Å². The molecule has 2 aromatic heterocycles. The monoisotopic (exact) mass is 414 g/mol. The van der Waals surface area contributed by atoms with Gasteiger partial charge in [0, 0.05) is 19.5 Å². The molecule has 0 spiro atoms. The van der Waals surface area contributed by atoms with Gasteiger partial charge in [-0.2, -0.15) is 0 Å². The second kappa shape index (κ2) is 7.40. The summed E-state index contributed by atoms with van der Waals surface area (Å²) in [7, 11) is 1.66. The zero-order valence-electron chi connectivity index (χ0n) is 15.3. The highest BCUT2D eigenvalue weighted by molar-refractivity contribution is 7.99. The van der Waals surface area contributed by atoms with E-state index in [2.05, 4.69) is 10.3 Å². The van der Waals surface area contributed by atoms with Crippen LogP contribution in [0.2, 0.25) is 0 Å². The Labute approximate surface area is 169 Å². The van der Waals surface area contributed by atoms with Gasteiger partial charge in [-0.15, -0.1) is 11.3 Å². The van der Waals surface area contributed by atoms with Crippen LogP contribution in [0.4, 0.5) is 11.4 Å². The first-order valence-electron chi connectivity index (χ1n) is 8.73. The van der Waals surface area contributed by atoms with E-state index in [4.69, 9.17) is 0 Å². The van der Waals surface area contributed by atoms with E-state index in [9.17, 15) is 14.4 Å². The number of carbonyl (C=O) groups excluding carboxylic acids is 2. The Bertz CT molecular complexity index is 1140. The van der Waals surface area contributed by atoms with Gasteiger partial charge >= 0.3 is 0 Å². The van der Waals surface area contributed by atoms with Crippen molar-refractivity contribution in [2.45, 2.75) is 24.5 Å². The molecule has 4 rings (SSSR count). The summed E-state index contributed by atoms with van der Waals surface area (Å²) in [4.78, 5) is 44.4. The summed E-state index contributed by atoms with van der Waals surface area (Å²) in [6, 6.07) is 8.76. The summed E-state index contributed by atoms with van der Waals surface area (Å²) in [6.07, 6.45) is 0.225. The minimum atomic E-state index is -0.270. The fourth-order valence-electron chi connectivity index (χ4n) is 3.27. The normalized spacial score (nSPS) is 16.6. The van der Waals surface area contributed by atoms with Crippen molar-refractivity contribution in [2.75, 3.05) is 16.0 Å². The van der Waals surface area contributed by atoms with Gasteiger partial charge in [-0.25, -0.2) is 4.98 Å². The Kier molecular flexibility index (Phi) is 4.94. The molecule has 0 saturated carbocycles. The van der Waals surface area contributed by atoms with Crippen LogP contribution in [0.3, 0.4) is 0 Å². The van der Waals surface area contributed by atoms with Gasteiger partial charge in [-0.3, -0.25) is 19.0 Å². The van der Waals surface area contributed by atoms with Crippen molar-refractivity contribution >= 4 is 56.5 Å². The molecular weight excluding hydrogens is 396 g/mol. The van der Waals surface area contributed by atoms with Crippen molar-refractivity contribution in [3.05, 3.63) is 46.1 Å². The zero-order valence-corrected chi connectivity index (χ0v) is 17.0. The number of anilines is 2. The molecule has 7 nitrogen and oxygen atoms in total. The molecule has 1 N–H and O–H groups in total. The standard InChI is InChI=1S/C19H18N4O3S2/c1-11-9-15(24)20-13-5-3-4-6-14(13)23(11)16(25)10-28-19-21-17-12(7-8-27-17)18(26)22(19)2/h3-8,11H,9-10H2,1-2H3,(H,20,24)/t11-/m0/s1. The number of fused-ring (bicyclic) bond motifs is 2. The average Bonchev–Trinajstić information content (AvgIpc) is 3.08. The molecule has 0 fully saturated rings. The third kappa shape index (κ3) is 3.31. The molecule has 1 atom stereocenters. The van der Waals surface area contributed by atoms with Crippen LogP contribution in [0.5, 0.6) is 0 Å². The number of nitrogens with one attached hydrogen (secondary N) is 1. The molecule has 0 radical (unpaired) electrons. The number of carbonyl (C=O) groups is 2. The van der Waals surface area contributed by atoms with Gasteiger partial charge in [0.25, 0.3) is 5.56 Å². The van der Waals surface area contributed by atoms with Crippen molar-refractivity contribution in [3.8, 4) is 0 Å². The maximum absolute atomic E-state index is 13.1. The summed E-state index contributed by atoms with van der Waals surface area (Å²) in [5.41, 5.74) is 1.19. The van der Waals surface area contributed by atoms with Crippen molar-refractivity contribution in [3.63, 3.8) is 0 Å². The highest BCUT2D eigenvalue weighted by Crippen LogP contribution is 2.32. The Morgan fingerprint density at radius 1 is 1.32 bits per heavy atom. The molecule has 0 aliphatic carbocycles. The summed E-state index contributed by atoms with van der Waals surface area (Å²) < 4.78 is 1.47. The molecule has 0 unspecified atom stereocenters. The lowest BCUT2D eigenvalue weighted by molar-refractivity contribution is -0.117. The predicted octanol–water partition coefficient (Wildman–Crippen LogP) is 2.85. The van der Waals surface area contributed by atoms with Gasteiger partial charge < -0.3 is 10.2 Å². The van der Waals surface area contributed by atoms with Gasteiger partial charge in [-0.05, 0) is 30.5 Å². The molecule has 3 heterocycles. The molecule has 1 aromatic carbocycles. The largest absolute Gasteiger partial charge is 0.324 e. The van der Waals surface area contributed by atoms with E-state index in [1.807, 2.05) is 30.5 Å². The lowest BCUT2D eigenvalue weighted by Gasteiger charge is -2.27. The van der Waals surface area contributed by atoms with Crippen LogP contribution in [0.1, 0.15) is 13.3 Å². The number of rotatable bonds is 3. The minimum Gasteiger partial charge on any atom is -0.324 e. The maximum atomic E-state index is 13.1. The number of thioether (sulfide) groups is 1. The lowest BCUT2D eigenvalue weighted by atomic mass is 10.2. The third-order valence-corrected chi connectivity index (χ3v) is 6.44. The number of thiophene rings is 1. The topological polar surface area (TPSA) is 84.3 Å². The first kappa shape index (κ1) is 18.7. The maximum Gasteiger partial charge on any atom is 0.262 e. The molecule has 0 saturated heterocycles. The number of hydrogen-bond donors (Lipinski definition) is 1. The second-order valence-corrected chi connectivity index (χ2v) is 8.41. The molecule has 144 valence electrons. The van der Waals surface area contributed by atoms with Gasteiger partial charge in [0.2, 0.25) is 11.8 Å². The fraction of sp³-hybridized carbons (Fsp3) is 0.263. The van der Waals surface area contributed by atoms with Gasteiger partial charge in [0.15, 0.2) is 5.16 Å². The molecule has 3 aromatic rings. The summed E-state index contributed by atoms with van der Waals surface area (Å²) in [5, 5.41) is 5.77. The highest BCUT2D eigenvalue weighted by Gasteiger charge is 2.29. The van der Waals surface area contributed by atoms with Crippen molar-refractivity contribution < 1.29 is 9.59 Å². The van der Waals surface area contributed by atoms with E-state index in [0.29, 0.717) is 26.7 Å². The zero-order chi connectivity index (χ0) is 19.8. The Morgan fingerprint density at radius 2 is 2.11 bits per heavy atom. The number of benzene rings is 1. The van der Waals surface area contributed by atoms with Crippen molar-refractivity contribution in [2.24, 2.45) is 7.05 Å². The predicted molar refractivity (Wildman–Crippen MR) is 112 cm³/mol. The number of nitrogens with zero attached hydrogens (tertiary/aromatic N) is 3. The van der Waals surface area contributed by atoms with Crippen LogP contribution in [0.25, 0.3) is 10.2 Å². The summed E-state index contributed by atoms with van der Waals surface area (Å²) in [5.74, 6) is -0.138. The molecule has 0 bridgehead atoms. The second-order valence-electron chi connectivity index (χ2n) is 6.57. The highest BCUT2D eigenvalue weighted by atomic mass is 32.2. The van der Waals surface area contributed by atoms with Gasteiger partial charge in [0.1, 0.15) is 4.83 Å². The Hall–Kier alpha value is -2.65. The van der Waals surface area contributed by atoms with E-state index in [1.165, 1.54) is 27.7 Å². The number of amides is 2. The Balaban J connectivity index is 1.61. The molecule has 1 aliphatic rings. The quantitative estimate of drug-likeness (QED) is 0.526. The van der Waals surface area contributed by atoms with Gasteiger partial charge in [0.05, 0.1) is 22.5 Å². The molecule has 28 heavy (non-hydrogen) atoms. The average molecular weight is 415 g/mol. The third-order valence-electron chi connectivity index (χ3n) is 4.62. The minimum absolute atomic E-state index is 0.115. The first-order chi connectivity index (χ1) is 13.5. The lowest BCUT2D eigenvalue weighted by Crippen LogP contribution is -2.40. The van der Waals surface area contributed by atoms with Crippen LogP contribution in [0, 0.1) is 0 Å². The van der Waals surface area contributed by atoms with Crippen LogP contribution < -0.4 is 15.8 Å². The Morgan fingerprint density at radius 3 is 2.93 bits per heavy atom. The van der Waals surface area contributed by atoms with Crippen molar-refractivity contribution in [1.82, 2.24) is 9.55 Å². The van der Waals surface area contributed by atoms with E-state index in [0.717, 1.165) is 0 Å². The van der Waals surface area contributed by atoms with Crippen LogP contribution in [-0.2, 0) is 16.6 Å². The van der Waals surface area contributed by atoms with E-state index >= 15 is 0 Å². The number of aromatic nitrogens is 2. The van der Waals surface area contributed by atoms with Crippen LogP contribution >= 0.6 is 23.1 Å². The van der Waals surface area contributed by atoms with E-state index in [1.54, 1.807) is 24.1 Å². The number of hydrogen-bond acceptors (Lipinski definition) is 6. The SMILES string of the molecule is C[C@H]1CC(=O)Nc2ccccc2N1C(=O)CSc1nc2sccc2c(=O)n1C. The summed E-state index contributed by atoms with van der Waals surface area (Å²) in [6.45, 7) is 1.86. The first-order valence-corrected chi connectivity index (χ1v) is 10.6. The smallest absolute Gasteiger partial charge is 0.262 e.